The summed E-state index contributed by atoms with van der Waals surface area (Å²) >= 11 is 0. The Morgan fingerprint density at radius 3 is 1.10 bits per heavy atom. The van der Waals surface area contributed by atoms with Gasteiger partial charge in [-0.05, 0) is 71.1 Å². The Morgan fingerprint density at radius 2 is 0.808 bits per heavy atom. The van der Waals surface area contributed by atoms with Crippen LogP contribution in [0.25, 0.3) is 0 Å². The highest BCUT2D eigenvalue weighted by atomic mass is 31.2. The van der Waals surface area contributed by atoms with Crippen LogP contribution in [0.5, 0.6) is 0 Å². The first-order chi connectivity index (χ1) is 24.7. The average molecular weight is 759 g/mol. The van der Waals surface area contributed by atoms with E-state index < -0.39 is 13.4 Å². The van der Waals surface area contributed by atoms with E-state index >= 15 is 0 Å². The lowest BCUT2D eigenvalue weighted by molar-refractivity contribution is -0.870. The summed E-state index contributed by atoms with van der Waals surface area (Å²) in [6, 6.07) is 0. The van der Waals surface area contributed by atoms with Crippen LogP contribution in [0.1, 0.15) is 201 Å². The number of Topliss-reactive ketones (excluding diaryl/α,β-unsaturated/α-hetero) is 2. The van der Waals surface area contributed by atoms with E-state index in [1.165, 1.54) is 116 Å². The van der Waals surface area contributed by atoms with Gasteiger partial charge in [-0.15, -0.1) is 0 Å². The van der Waals surface area contributed by atoms with Crippen molar-refractivity contribution < 1.29 is 38.1 Å². The second-order valence-corrected chi connectivity index (χ2v) is 17.0. The van der Waals surface area contributed by atoms with Gasteiger partial charge in [-0.2, -0.15) is 0 Å². The summed E-state index contributed by atoms with van der Waals surface area (Å²) < 4.78 is 15.8. The fraction of sp³-hybridized carbons (Fsp3) is 0.860. The van der Waals surface area contributed by atoms with Crippen LogP contribution >= 0.6 is 7.82 Å². The fourth-order valence-corrected chi connectivity index (χ4v) is 6.03. The highest BCUT2D eigenvalue weighted by Crippen LogP contribution is 2.26. The number of ketones is 2. The van der Waals surface area contributed by atoms with Crippen LogP contribution in [0, 0.1) is 0 Å². The maximum Gasteiger partial charge on any atom is 0.466 e. The standard InChI is InChI=1S/C43H82NO3.H3O4P/c1-7-9-11-13-15-17-19-21-23-25-27-29-31-33-35-37-41(45)43(3,47-40-39-44(4,5)6)42(46)38-36-34-32-30-28-26-24-22-20-18-16-14-12-10-8-2;1-5(2,3)4/h21-24H,7-20,25-40H2,1-6H3;(H3,1,2,3,4)/q+1;/b23-21-,24-22-;. The third-order valence-corrected chi connectivity index (χ3v) is 9.55. The summed E-state index contributed by atoms with van der Waals surface area (Å²) in [4.78, 5) is 48.3. The largest absolute Gasteiger partial charge is 0.466 e. The number of allylic oxidation sites excluding steroid dienone is 4. The highest BCUT2D eigenvalue weighted by molar-refractivity contribution is 7.45. The molecule has 0 rings (SSSR count). The molecule has 0 radical (unpaired) electrons. The molecule has 0 bridgehead atoms. The van der Waals surface area contributed by atoms with E-state index in [2.05, 4.69) is 59.3 Å². The van der Waals surface area contributed by atoms with E-state index in [1.807, 2.05) is 0 Å². The van der Waals surface area contributed by atoms with Crippen LogP contribution < -0.4 is 0 Å². The lowest BCUT2D eigenvalue weighted by atomic mass is 9.88. The number of hydrogen-bond donors (Lipinski definition) is 3. The van der Waals surface area contributed by atoms with E-state index in [4.69, 9.17) is 24.0 Å². The maximum atomic E-state index is 13.4. The molecule has 0 aliphatic rings. The van der Waals surface area contributed by atoms with Crippen molar-refractivity contribution in [2.75, 3.05) is 34.3 Å². The maximum absolute atomic E-state index is 13.4. The van der Waals surface area contributed by atoms with Gasteiger partial charge in [0.15, 0.2) is 17.2 Å². The average Bonchev–Trinajstić information content (AvgIpc) is 3.06. The van der Waals surface area contributed by atoms with E-state index in [0.29, 0.717) is 19.4 Å². The predicted octanol–water partition coefficient (Wildman–Crippen LogP) is 11.8. The summed E-state index contributed by atoms with van der Waals surface area (Å²) in [5.74, 6) is -0.0384. The first-order valence-electron chi connectivity index (χ1n) is 21.3. The first kappa shape index (κ1) is 53.0. The molecule has 0 unspecified atom stereocenters. The Bertz CT molecular complexity index is 878. The number of rotatable bonds is 36. The van der Waals surface area contributed by atoms with Gasteiger partial charge in [0.05, 0.1) is 27.7 Å². The van der Waals surface area contributed by atoms with E-state index in [0.717, 1.165) is 62.4 Å². The number of hydrogen-bond acceptors (Lipinski definition) is 4. The minimum Gasteiger partial charge on any atom is -0.354 e. The zero-order valence-electron chi connectivity index (χ0n) is 34.9. The lowest BCUT2D eigenvalue weighted by Gasteiger charge is -2.30. The van der Waals surface area contributed by atoms with Crippen molar-refractivity contribution in [3.63, 3.8) is 0 Å². The van der Waals surface area contributed by atoms with Crippen molar-refractivity contribution in [1.29, 1.82) is 0 Å². The smallest absolute Gasteiger partial charge is 0.354 e. The minimum atomic E-state index is -4.64. The van der Waals surface area contributed by atoms with Crippen LogP contribution in [0.4, 0.5) is 0 Å². The number of ether oxygens (including phenoxy) is 1. The molecule has 0 fully saturated rings. The predicted molar refractivity (Wildman–Crippen MR) is 220 cm³/mol. The van der Waals surface area contributed by atoms with Gasteiger partial charge in [0, 0.05) is 12.8 Å². The third-order valence-electron chi connectivity index (χ3n) is 9.55. The zero-order chi connectivity index (χ0) is 39.4. The molecular weight excluding hydrogens is 673 g/mol. The molecule has 0 saturated carbocycles. The van der Waals surface area contributed by atoms with Crippen LogP contribution in [-0.2, 0) is 18.9 Å². The van der Waals surface area contributed by atoms with E-state index in [-0.39, 0.29) is 11.6 Å². The summed E-state index contributed by atoms with van der Waals surface area (Å²) in [6.45, 7) is 7.49. The van der Waals surface area contributed by atoms with Crippen molar-refractivity contribution >= 4 is 19.4 Å². The number of carbonyl (C=O) groups excluding carboxylic acids is 2. The zero-order valence-corrected chi connectivity index (χ0v) is 35.8. The van der Waals surface area contributed by atoms with Gasteiger partial charge in [-0.25, -0.2) is 4.57 Å². The van der Waals surface area contributed by atoms with E-state index in [9.17, 15) is 9.59 Å². The van der Waals surface area contributed by atoms with Crippen LogP contribution in [0.2, 0.25) is 0 Å². The van der Waals surface area contributed by atoms with Gasteiger partial charge >= 0.3 is 7.82 Å². The van der Waals surface area contributed by atoms with Gasteiger partial charge in [0.1, 0.15) is 6.54 Å². The Labute approximate surface area is 321 Å². The number of phosphoric acid groups is 1. The number of quaternary nitrogens is 1. The number of nitrogens with zero attached hydrogens (tertiary/aromatic N) is 1. The molecule has 3 N–H and O–H groups in total. The summed E-state index contributed by atoms with van der Waals surface area (Å²) in [6.07, 6.45) is 42.4. The van der Waals surface area contributed by atoms with Crippen molar-refractivity contribution in [3.05, 3.63) is 24.3 Å². The Balaban J connectivity index is 0. The molecule has 0 aliphatic heterocycles. The molecule has 0 amide bonds. The topological polar surface area (TPSA) is 121 Å². The Hall–Kier alpha value is -1.15. The van der Waals surface area contributed by atoms with Crippen molar-refractivity contribution in [2.24, 2.45) is 0 Å². The Kier molecular flexibility index (Phi) is 36.2. The molecule has 0 aromatic heterocycles. The molecule has 0 saturated heterocycles. The molecule has 52 heavy (non-hydrogen) atoms. The highest BCUT2D eigenvalue weighted by Gasteiger charge is 2.40. The number of unbranched alkanes of at least 4 members (excludes halogenated alkanes) is 22. The molecule has 0 aliphatic carbocycles. The van der Waals surface area contributed by atoms with Crippen LogP contribution in [-0.4, -0.2) is 70.6 Å². The van der Waals surface area contributed by atoms with Crippen molar-refractivity contribution in [2.45, 2.75) is 206 Å². The molecule has 0 atom stereocenters. The summed E-state index contributed by atoms with van der Waals surface area (Å²) in [5.41, 5.74) is -1.29. The molecule has 0 aromatic rings. The lowest BCUT2D eigenvalue weighted by Crippen LogP contribution is -2.48. The minimum absolute atomic E-state index is 0.0192. The molecule has 0 spiro atoms. The SMILES string of the molecule is CCCCCCCC/C=C\CCCCCCCC(=O)C(C)(OCC[N+](C)(C)C)C(=O)CCCCCCC/C=C\CCCCCCCC.O=P(O)(O)O. The summed E-state index contributed by atoms with van der Waals surface area (Å²) in [7, 11) is 1.70. The molecule has 308 valence electrons. The fourth-order valence-electron chi connectivity index (χ4n) is 6.03. The third kappa shape index (κ3) is 40.0. The second-order valence-electron chi connectivity index (χ2n) is 15.9. The van der Waals surface area contributed by atoms with Gasteiger partial charge in [0.25, 0.3) is 0 Å². The van der Waals surface area contributed by atoms with E-state index in [1.54, 1.807) is 6.92 Å². The molecule has 0 aromatic carbocycles. The second kappa shape index (κ2) is 35.5. The Morgan fingerprint density at radius 1 is 0.538 bits per heavy atom. The van der Waals surface area contributed by atoms with Gasteiger partial charge in [-0.1, -0.05) is 141 Å². The van der Waals surface area contributed by atoms with Gasteiger partial charge < -0.3 is 23.9 Å². The monoisotopic (exact) mass is 759 g/mol. The van der Waals surface area contributed by atoms with Crippen molar-refractivity contribution in [1.82, 2.24) is 0 Å². The normalized spacial score (nSPS) is 12.5. The number of likely N-dealkylation sites (N-methyl/N-ethyl adjacent to an activating group) is 1. The van der Waals surface area contributed by atoms with Crippen LogP contribution in [0.15, 0.2) is 24.3 Å². The van der Waals surface area contributed by atoms with Gasteiger partial charge in [-0.3, -0.25) is 9.59 Å². The first-order valence-corrected chi connectivity index (χ1v) is 22.8. The van der Waals surface area contributed by atoms with Crippen molar-refractivity contribution in [3.8, 4) is 0 Å². The van der Waals surface area contributed by atoms with Crippen LogP contribution in [0.3, 0.4) is 0 Å². The number of carbonyl (C=O) groups is 2. The quantitative estimate of drug-likeness (QED) is 0.0191. The summed E-state index contributed by atoms with van der Waals surface area (Å²) in [5, 5.41) is 0. The van der Waals surface area contributed by atoms with Gasteiger partial charge in [0.2, 0.25) is 0 Å². The molecule has 8 nitrogen and oxygen atoms in total. The molecule has 0 heterocycles. The molecular formula is C43H85NO7P+. The molecule has 9 heteroatoms.